The highest BCUT2D eigenvalue weighted by Crippen LogP contribution is 2.22. The lowest BCUT2D eigenvalue weighted by Crippen LogP contribution is -1.84. The summed E-state index contributed by atoms with van der Waals surface area (Å²) < 4.78 is 0. The maximum atomic E-state index is 4.10. The monoisotopic (exact) mass is 358 g/mol. The molecule has 0 aliphatic carbocycles. The van der Waals surface area contributed by atoms with E-state index in [1.54, 1.807) is 0 Å². The molecule has 0 aromatic heterocycles. The van der Waals surface area contributed by atoms with E-state index in [1.165, 1.54) is 32.7 Å². The summed E-state index contributed by atoms with van der Waals surface area (Å²) >= 11 is 0. The van der Waals surface area contributed by atoms with Crippen molar-refractivity contribution in [2.24, 2.45) is 0 Å². The molecule has 0 saturated heterocycles. The minimum atomic E-state index is 1.08. The Balaban J connectivity index is 0.000000137. The first-order valence-corrected chi connectivity index (χ1v) is 9.48. The Bertz CT molecular complexity index is 1060. The molecule has 134 valence electrons. The van der Waals surface area contributed by atoms with Gasteiger partial charge in [0, 0.05) is 0 Å². The van der Waals surface area contributed by atoms with Crippen molar-refractivity contribution in [3.8, 4) is 0 Å². The van der Waals surface area contributed by atoms with Crippen LogP contribution in [0.2, 0.25) is 0 Å². The predicted molar refractivity (Wildman–Crippen MR) is 122 cm³/mol. The number of hydrogen-bond donors (Lipinski definition) is 0. The van der Waals surface area contributed by atoms with Crippen LogP contribution in [0.4, 0.5) is 0 Å². The second-order valence-corrected chi connectivity index (χ2v) is 6.76. The first-order valence-electron chi connectivity index (χ1n) is 9.48. The van der Waals surface area contributed by atoms with Gasteiger partial charge in [-0.3, -0.25) is 0 Å². The summed E-state index contributed by atoms with van der Waals surface area (Å²) in [6, 6.07) is 41.9. The van der Waals surface area contributed by atoms with E-state index in [4.69, 9.17) is 0 Å². The van der Waals surface area contributed by atoms with Crippen molar-refractivity contribution >= 4 is 27.1 Å². The van der Waals surface area contributed by atoms with Crippen LogP contribution in [-0.2, 0) is 0 Å². The number of rotatable bonds is 2. The maximum Gasteiger partial charge on any atom is -0.0178 e. The fourth-order valence-corrected chi connectivity index (χ4v) is 3.33. The summed E-state index contributed by atoms with van der Waals surface area (Å²) in [5.74, 6) is 0. The zero-order valence-corrected chi connectivity index (χ0v) is 15.8. The van der Waals surface area contributed by atoms with Crippen molar-refractivity contribution < 1.29 is 0 Å². The molecule has 0 unspecified atom stereocenters. The van der Waals surface area contributed by atoms with Gasteiger partial charge in [0.1, 0.15) is 0 Å². The topological polar surface area (TPSA) is 0 Å². The zero-order valence-electron chi connectivity index (χ0n) is 15.8. The van der Waals surface area contributed by atoms with E-state index in [0.717, 1.165) is 5.57 Å². The molecule has 0 atom stereocenters. The average Bonchev–Trinajstić information content (AvgIpc) is 2.79. The summed E-state index contributed by atoms with van der Waals surface area (Å²) in [6.45, 7) is 4.10. The van der Waals surface area contributed by atoms with E-state index in [-0.39, 0.29) is 0 Å². The molecule has 5 aromatic rings. The predicted octanol–water partition coefficient (Wildman–Crippen LogP) is 7.74. The van der Waals surface area contributed by atoms with Crippen LogP contribution in [0.25, 0.3) is 27.1 Å². The fourth-order valence-electron chi connectivity index (χ4n) is 3.33. The van der Waals surface area contributed by atoms with Gasteiger partial charge in [0.15, 0.2) is 0 Å². The molecule has 0 fully saturated rings. The molecule has 0 spiro atoms. The first kappa shape index (κ1) is 17.8. The molecule has 28 heavy (non-hydrogen) atoms. The molecule has 0 heteroatoms. The lowest BCUT2D eigenvalue weighted by molar-refractivity contribution is 1.56. The normalized spacial score (nSPS) is 10.3. The van der Waals surface area contributed by atoms with Gasteiger partial charge in [0.25, 0.3) is 0 Å². The average molecular weight is 358 g/mol. The summed E-state index contributed by atoms with van der Waals surface area (Å²) in [6.07, 6.45) is 0. The molecule has 0 bridgehead atoms. The van der Waals surface area contributed by atoms with Crippen LogP contribution in [0.3, 0.4) is 0 Å². The summed E-state index contributed by atoms with van der Waals surface area (Å²) in [5, 5.41) is 5.25. The van der Waals surface area contributed by atoms with Crippen molar-refractivity contribution in [3.05, 3.63) is 139 Å². The van der Waals surface area contributed by atoms with Crippen LogP contribution in [-0.4, -0.2) is 0 Å². The van der Waals surface area contributed by atoms with Crippen molar-refractivity contribution in [1.82, 2.24) is 0 Å². The van der Waals surface area contributed by atoms with Crippen molar-refractivity contribution in [2.75, 3.05) is 0 Å². The zero-order chi connectivity index (χ0) is 19.2. The van der Waals surface area contributed by atoms with Gasteiger partial charge >= 0.3 is 0 Å². The quantitative estimate of drug-likeness (QED) is 0.283. The molecular formula is C28H22. The largest absolute Gasteiger partial charge is 0.0906 e. The fraction of sp³-hybridized carbons (Fsp3) is 0. The standard InChI is InChI=1S/C14H10.C14H12/c1-2-6-12-10-14-8-4-3-7-13(14)9-11(12)5-1;1-12(13-8-4-2-5-9-13)14-10-6-3-7-11-14/h1-10H;2-11H,1H2. The molecule has 0 radical (unpaired) electrons. The van der Waals surface area contributed by atoms with Crippen LogP contribution in [0.1, 0.15) is 11.1 Å². The van der Waals surface area contributed by atoms with Gasteiger partial charge in [-0.05, 0) is 50.4 Å². The Morgan fingerprint density at radius 1 is 0.393 bits per heavy atom. The molecule has 0 heterocycles. The van der Waals surface area contributed by atoms with Crippen LogP contribution in [0.5, 0.6) is 0 Å². The number of fused-ring (bicyclic) bond motifs is 2. The third-order valence-corrected chi connectivity index (χ3v) is 4.86. The van der Waals surface area contributed by atoms with E-state index >= 15 is 0 Å². The highest BCUT2D eigenvalue weighted by Gasteiger charge is 1.99. The van der Waals surface area contributed by atoms with E-state index in [9.17, 15) is 0 Å². The molecule has 0 amide bonds. The van der Waals surface area contributed by atoms with Gasteiger partial charge < -0.3 is 0 Å². The minimum Gasteiger partial charge on any atom is -0.0906 e. The second-order valence-electron chi connectivity index (χ2n) is 6.76. The summed E-state index contributed by atoms with van der Waals surface area (Å²) in [7, 11) is 0. The van der Waals surface area contributed by atoms with Crippen LogP contribution in [0.15, 0.2) is 128 Å². The number of hydrogen-bond acceptors (Lipinski definition) is 0. The first-order chi connectivity index (χ1) is 13.8. The smallest absolute Gasteiger partial charge is 0.0178 e. The van der Waals surface area contributed by atoms with Crippen molar-refractivity contribution in [3.63, 3.8) is 0 Å². The molecule has 5 rings (SSSR count). The number of benzene rings is 5. The van der Waals surface area contributed by atoms with Crippen LogP contribution < -0.4 is 0 Å². The van der Waals surface area contributed by atoms with E-state index in [2.05, 4.69) is 91.5 Å². The third kappa shape index (κ3) is 4.02. The summed E-state index contributed by atoms with van der Waals surface area (Å²) in [4.78, 5) is 0. The molecule has 0 aliphatic heterocycles. The molecular weight excluding hydrogens is 336 g/mol. The maximum absolute atomic E-state index is 4.10. The SMILES string of the molecule is C=C(c1ccccc1)c1ccccc1.c1ccc2cc3ccccc3cc2c1. The van der Waals surface area contributed by atoms with Crippen molar-refractivity contribution in [1.29, 1.82) is 0 Å². The van der Waals surface area contributed by atoms with Gasteiger partial charge in [0.2, 0.25) is 0 Å². The highest BCUT2D eigenvalue weighted by atomic mass is 14.0. The lowest BCUT2D eigenvalue weighted by Gasteiger charge is -2.04. The van der Waals surface area contributed by atoms with Gasteiger partial charge in [0.05, 0.1) is 0 Å². The Labute approximate surface area is 166 Å². The Kier molecular flexibility index (Phi) is 5.31. The molecule has 0 nitrogen and oxygen atoms in total. The molecule has 5 aromatic carbocycles. The van der Waals surface area contributed by atoms with E-state index in [0.29, 0.717) is 0 Å². The third-order valence-electron chi connectivity index (χ3n) is 4.86. The Hall–Kier alpha value is -3.64. The van der Waals surface area contributed by atoms with Gasteiger partial charge in [-0.15, -0.1) is 0 Å². The van der Waals surface area contributed by atoms with Crippen LogP contribution in [0, 0.1) is 0 Å². The van der Waals surface area contributed by atoms with E-state index in [1.807, 2.05) is 36.4 Å². The highest BCUT2D eigenvalue weighted by molar-refractivity contribution is 5.98. The second kappa shape index (κ2) is 8.37. The molecule has 0 aliphatic rings. The Morgan fingerprint density at radius 2 is 0.679 bits per heavy atom. The van der Waals surface area contributed by atoms with Gasteiger partial charge in [-0.2, -0.15) is 0 Å². The van der Waals surface area contributed by atoms with Crippen LogP contribution >= 0.6 is 0 Å². The molecule has 0 N–H and O–H groups in total. The van der Waals surface area contributed by atoms with Gasteiger partial charge in [-0.1, -0.05) is 116 Å². The minimum absolute atomic E-state index is 1.08. The van der Waals surface area contributed by atoms with E-state index < -0.39 is 0 Å². The van der Waals surface area contributed by atoms with Gasteiger partial charge in [-0.25, -0.2) is 0 Å². The van der Waals surface area contributed by atoms with Crippen molar-refractivity contribution in [2.45, 2.75) is 0 Å². The lowest BCUT2D eigenvalue weighted by atomic mass is 10.0. The molecule has 0 saturated carbocycles. The summed E-state index contributed by atoms with van der Waals surface area (Å²) in [5.41, 5.74) is 3.43. The Morgan fingerprint density at radius 3 is 1.00 bits per heavy atom.